The lowest BCUT2D eigenvalue weighted by atomic mass is 10.2. The summed E-state index contributed by atoms with van der Waals surface area (Å²) in [5, 5.41) is 0. The van der Waals surface area contributed by atoms with Crippen LogP contribution < -0.4 is 0 Å². The van der Waals surface area contributed by atoms with Gasteiger partial charge in [0.25, 0.3) is 0 Å². The minimum absolute atomic E-state index is 0.703. The molecule has 2 aromatic rings. The van der Waals surface area contributed by atoms with Crippen LogP contribution in [0.1, 0.15) is 21.5 Å². The third kappa shape index (κ3) is 3.52. The van der Waals surface area contributed by atoms with Crippen molar-refractivity contribution in [2.75, 3.05) is 0 Å². The van der Waals surface area contributed by atoms with E-state index in [2.05, 4.69) is 0 Å². The van der Waals surface area contributed by atoms with Gasteiger partial charge in [0.2, 0.25) is 0 Å². The van der Waals surface area contributed by atoms with Gasteiger partial charge in [-0.25, -0.2) is 0 Å². The van der Waals surface area contributed by atoms with Crippen molar-refractivity contribution in [2.24, 2.45) is 0 Å². The quantitative estimate of drug-likeness (QED) is 0.616. The maximum absolute atomic E-state index is 10.5. The molecule has 0 bridgehead atoms. The summed E-state index contributed by atoms with van der Waals surface area (Å²) in [5.74, 6) is 0.826. The molecule has 0 aliphatic rings. The van der Waals surface area contributed by atoms with E-state index in [0.717, 1.165) is 21.8 Å². The molecule has 1 nitrogen and oxygen atoms in total. The number of carbonyl (C=O) groups is 1. The summed E-state index contributed by atoms with van der Waals surface area (Å²) in [5.41, 5.74) is 2.96. The lowest BCUT2D eigenvalue weighted by molar-refractivity contribution is 0.112. The zero-order chi connectivity index (χ0) is 12.8. The Labute approximate surface area is 116 Å². The Hall–Kier alpha value is -1.45. The molecule has 2 aromatic carbocycles. The van der Waals surface area contributed by atoms with Crippen molar-refractivity contribution in [3.8, 4) is 0 Å². The highest BCUT2D eigenvalue weighted by atomic mass is 32.2. The fourth-order valence-corrected chi connectivity index (χ4v) is 2.60. The molecule has 0 atom stereocenters. The zero-order valence-corrected chi connectivity index (χ0v) is 11.3. The lowest BCUT2D eigenvalue weighted by Gasteiger charge is -2.04. The fraction of sp³-hybridized carbons (Fsp3) is 0.0667. The first-order valence-electron chi connectivity index (χ1n) is 5.56. The van der Waals surface area contributed by atoms with E-state index < -0.39 is 0 Å². The number of thioether (sulfide) groups is 1. The molecule has 2 rings (SSSR count). The molecule has 18 heavy (non-hydrogen) atoms. The number of hydrogen-bond acceptors (Lipinski definition) is 3. The van der Waals surface area contributed by atoms with Gasteiger partial charge in [-0.05, 0) is 11.1 Å². The molecule has 0 amide bonds. The maximum atomic E-state index is 10.5. The molecule has 90 valence electrons. The second kappa shape index (κ2) is 6.47. The minimum Gasteiger partial charge on any atom is -0.298 e. The normalized spacial score (nSPS) is 10.0. The Morgan fingerprint density at radius 1 is 1.06 bits per heavy atom. The summed E-state index contributed by atoms with van der Waals surface area (Å²) < 4.78 is 0.898. The summed E-state index contributed by atoms with van der Waals surface area (Å²) in [6.45, 7) is 0. The molecule has 0 saturated carbocycles. The van der Waals surface area contributed by atoms with Crippen LogP contribution in [-0.2, 0) is 5.75 Å². The van der Waals surface area contributed by atoms with Crippen LogP contribution in [0, 0.1) is 0 Å². The van der Waals surface area contributed by atoms with Gasteiger partial charge in [-0.15, -0.1) is 11.8 Å². The predicted molar refractivity (Wildman–Crippen MR) is 81.3 cm³/mol. The SMILES string of the molecule is O=Cc1ccc(CSC(=S)c2ccccc2)cc1. The average Bonchev–Trinajstić information content (AvgIpc) is 2.46. The summed E-state index contributed by atoms with van der Waals surface area (Å²) in [6.07, 6.45) is 0.853. The number of carbonyl (C=O) groups excluding carboxylic acids is 1. The van der Waals surface area contributed by atoms with E-state index in [4.69, 9.17) is 12.2 Å². The zero-order valence-electron chi connectivity index (χ0n) is 9.71. The van der Waals surface area contributed by atoms with Gasteiger partial charge in [0, 0.05) is 11.3 Å². The van der Waals surface area contributed by atoms with Crippen LogP contribution in [0.2, 0.25) is 0 Å². The van der Waals surface area contributed by atoms with Crippen molar-refractivity contribution in [3.05, 3.63) is 71.3 Å². The van der Waals surface area contributed by atoms with Crippen molar-refractivity contribution in [1.82, 2.24) is 0 Å². The highest BCUT2D eigenvalue weighted by Crippen LogP contribution is 2.19. The van der Waals surface area contributed by atoms with Crippen LogP contribution in [0.25, 0.3) is 0 Å². The first kappa shape index (κ1) is 13.0. The molecule has 3 heteroatoms. The van der Waals surface area contributed by atoms with Crippen LogP contribution in [0.5, 0.6) is 0 Å². The van der Waals surface area contributed by atoms with Crippen molar-refractivity contribution in [3.63, 3.8) is 0 Å². The minimum atomic E-state index is 0.703. The predicted octanol–water partition coefficient (Wildman–Crippen LogP) is 4.11. The number of thiocarbonyl (C=S) groups is 1. The second-order valence-electron chi connectivity index (χ2n) is 3.80. The molecule has 0 saturated heterocycles. The molecular weight excluding hydrogens is 260 g/mol. The van der Waals surface area contributed by atoms with Gasteiger partial charge in [-0.3, -0.25) is 4.79 Å². The molecule has 0 heterocycles. The molecule has 0 aliphatic heterocycles. The molecule has 0 radical (unpaired) electrons. The average molecular weight is 272 g/mol. The first-order valence-corrected chi connectivity index (χ1v) is 6.95. The van der Waals surface area contributed by atoms with Gasteiger partial charge in [-0.2, -0.15) is 0 Å². The van der Waals surface area contributed by atoms with E-state index in [1.807, 2.05) is 54.6 Å². The second-order valence-corrected chi connectivity index (χ2v) is 5.45. The topological polar surface area (TPSA) is 17.1 Å². The Kier molecular flexibility index (Phi) is 4.67. The van der Waals surface area contributed by atoms with Crippen molar-refractivity contribution in [1.29, 1.82) is 0 Å². The van der Waals surface area contributed by atoms with E-state index in [0.29, 0.717) is 5.56 Å². The van der Waals surface area contributed by atoms with Crippen LogP contribution in [0.15, 0.2) is 54.6 Å². The summed E-state index contributed by atoms with van der Waals surface area (Å²) in [6, 6.07) is 17.6. The molecule has 0 aromatic heterocycles. The van der Waals surface area contributed by atoms with E-state index in [9.17, 15) is 4.79 Å². The largest absolute Gasteiger partial charge is 0.298 e. The van der Waals surface area contributed by atoms with Crippen LogP contribution in [-0.4, -0.2) is 10.5 Å². The van der Waals surface area contributed by atoms with Crippen LogP contribution in [0.4, 0.5) is 0 Å². The van der Waals surface area contributed by atoms with Gasteiger partial charge >= 0.3 is 0 Å². The van der Waals surface area contributed by atoms with E-state index in [1.165, 1.54) is 5.56 Å². The molecule has 0 fully saturated rings. The van der Waals surface area contributed by atoms with Gasteiger partial charge in [0.1, 0.15) is 6.29 Å². The van der Waals surface area contributed by atoms with Crippen molar-refractivity contribution in [2.45, 2.75) is 5.75 Å². The van der Waals surface area contributed by atoms with Gasteiger partial charge < -0.3 is 0 Å². The third-order valence-electron chi connectivity index (χ3n) is 2.50. The summed E-state index contributed by atoms with van der Waals surface area (Å²) in [7, 11) is 0. The van der Waals surface area contributed by atoms with Crippen molar-refractivity contribution < 1.29 is 4.79 Å². The highest BCUT2D eigenvalue weighted by molar-refractivity contribution is 8.23. The number of benzene rings is 2. The summed E-state index contributed by atoms with van der Waals surface area (Å²) in [4.78, 5) is 10.5. The Bertz CT molecular complexity index is 532. The van der Waals surface area contributed by atoms with E-state index in [-0.39, 0.29) is 0 Å². The van der Waals surface area contributed by atoms with Gasteiger partial charge in [0.15, 0.2) is 0 Å². The number of hydrogen-bond donors (Lipinski definition) is 0. The molecule has 0 spiro atoms. The molecule has 0 N–H and O–H groups in total. The van der Waals surface area contributed by atoms with Gasteiger partial charge in [-0.1, -0.05) is 66.8 Å². The Morgan fingerprint density at radius 3 is 2.33 bits per heavy atom. The van der Waals surface area contributed by atoms with Gasteiger partial charge in [0.05, 0.1) is 4.20 Å². The highest BCUT2D eigenvalue weighted by Gasteiger charge is 2.02. The molecular formula is C15H12OS2. The van der Waals surface area contributed by atoms with Crippen molar-refractivity contribution >= 4 is 34.5 Å². The van der Waals surface area contributed by atoms with Crippen LogP contribution in [0.3, 0.4) is 0 Å². The van der Waals surface area contributed by atoms with Crippen LogP contribution >= 0.6 is 24.0 Å². The lowest BCUT2D eigenvalue weighted by Crippen LogP contribution is -1.92. The fourth-order valence-electron chi connectivity index (χ4n) is 1.50. The Balaban J connectivity index is 1.95. The molecule has 0 unspecified atom stereocenters. The molecule has 0 aliphatic carbocycles. The van der Waals surface area contributed by atoms with E-state index in [1.54, 1.807) is 11.8 Å². The maximum Gasteiger partial charge on any atom is 0.150 e. The first-order chi connectivity index (χ1) is 8.79. The van der Waals surface area contributed by atoms with E-state index >= 15 is 0 Å². The summed E-state index contributed by atoms with van der Waals surface area (Å²) >= 11 is 7.01. The third-order valence-corrected chi connectivity index (χ3v) is 4.06. The monoisotopic (exact) mass is 272 g/mol. The smallest absolute Gasteiger partial charge is 0.150 e. The number of aldehydes is 1. The number of rotatable bonds is 4. The standard InChI is InChI=1S/C15H12OS2/c16-10-12-6-8-13(9-7-12)11-18-15(17)14-4-2-1-3-5-14/h1-10H,11H2. The Morgan fingerprint density at radius 2 is 1.72 bits per heavy atom.